The zero-order chi connectivity index (χ0) is 18.4. The molecule has 2 aromatic heterocycles. The number of rotatable bonds is 2. The fraction of sp³-hybridized carbons (Fsp3) is 0.500. The van der Waals surface area contributed by atoms with Crippen LogP contribution in [0.3, 0.4) is 0 Å². The summed E-state index contributed by atoms with van der Waals surface area (Å²) in [6, 6.07) is 0. The summed E-state index contributed by atoms with van der Waals surface area (Å²) in [5.74, 6) is 4.78. The molecular weight excluding hydrogens is 351 g/mol. The Labute approximate surface area is 146 Å². The maximum Gasteiger partial charge on any atom is 0.200 e. The molecule has 5 atom stereocenters. The smallest absolute Gasteiger partial charge is 0.200 e. The maximum absolute atomic E-state index is 12.6. The highest BCUT2D eigenvalue weighted by molar-refractivity contribution is 7.71. The van der Waals surface area contributed by atoms with Gasteiger partial charge in [-0.1, -0.05) is 24.1 Å². The molecule has 7 N–H and O–H groups in total. The second kappa shape index (κ2) is 6.32. The van der Waals surface area contributed by atoms with E-state index < -0.39 is 36.8 Å². The predicted molar refractivity (Wildman–Crippen MR) is 89.4 cm³/mol. The number of fused-ring (bicyclic) bond motifs is 1. The van der Waals surface area contributed by atoms with Crippen LogP contribution < -0.4 is 11.5 Å². The third-order valence-corrected chi connectivity index (χ3v) is 4.34. The molecule has 25 heavy (non-hydrogen) atoms. The summed E-state index contributed by atoms with van der Waals surface area (Å²) >= 11 is 5.12. The standard InChI is InChI=1S/C14H17FN6O3S/c1-6(22)8-9(23)14(17,3-2-4-15)12(24-8)21-5-18-7-10(21)19-13(16)20-11(7)25/h5-6,8-9,12,22-23H,4,17H2,1H3,(H3,16,19,20,25)/t6-,8+,9-,12+,14?/m0/s1. The number of hydrogen-bond acceptors (Lipinski definition) is 8. The molecule has 11 heteroatoms. The van der Waals surface area contributed by atoms with Crippen molar-refractivity contribution < 1.29 is 19.3 Å². The maximum atomic E-state index is 12.6. The van der Waals surface area contributed by atoms with Crippen molar-refractivity contribution in [3.63, 3.8) is 0 Å². The molecule has 9 nitrogen and oxygen atoms in total. The molecule has 1 saturated heterocycles. The van der Waals surface area contributed by atoms with E-state index in [1.807, 2.05) is 0 Å². The molecule has 0 saturated carbocycles. The summed E-state index contributed by atoms with van der Waals surface area (Å²) < 4.78 is 19.9. The van der Waals surface area contributed by atoms with E-state index in [1.54, 1.807) is 0 Å². The molecule has 0 spiro atoms. The zero-order valence-corrected chi connectivity index (χ0v) is 14.0. The number of anilines is 1. The van der Waals surface area contributed by atoms with Crippen molar-refractivity contribution in [2.75, 3.05) is 12.4 Å². The van der Waals surface area contributed by atoms with Gasteiger partial charge in [-0.2, -0.15) is 0 Å². The molecule has 1 fully saturated rings. The molecule has 3 rings (SSSR count). The molecule has 0 radical (unpaired) electrons. The number of H-pyrrole nitrogens is 1. The van der Waals surface area contributed by atoms with Crippen LogP contribution in [-0.2, 0) is 4.74 Å². The quantitative estimate of drug-likeness (QED) is 0.348. The summed E-state index contributed by atoms with van der Waals surface area (Å²) in [5.41, 5.74) is 11.0. The Hall–Kier alpha value is -2.10. The van der Waals surface area contributed by atoms with E-state index in [0.717, 1.165) is 0 Å². The fourth-order valence-corrected chi connectivity index (χ4v) is 3.13. The number of alkyl halides is 1. The first kappa shape index (κ1) is 17.7. The number of aromatic nitrogens is 4. The second-order valence-corrected chi connectivity index (χ2v) is 6.17. The number of imidazole rings is 1. The summed E-state index contributed by atoms with van der Waals surface area (Å²) in [6.45, 7) is 0.502. The van der Waals surface area contributed by atoms with Gasteiger partial charge in [-0.3, -0.25) is 4.57 Å². The van der Waals surface area contributed by atoms with E-state index >= 15 is 0 Å². The van der Waals surface area contributed by atoms with Crippen LogP contribution in [0, 0.1) is 16.5 Å². The lowest BCUT2D eigenvalue weighted by atomic mass is 9.90. The number of nitrogen functional groups attached to an aromatic ring is 1. The number of nitrogens with zero attached hydrogens (tertiary/aromatic N) is 3. The van der Waals surface area contributed by atoms with Crippen molar-refractivity contribution in [3.05, 3.63) is 11.0 Å². The SMILES string of the molecule is C[C@H](O)[C@H]1O[C@@H](n2cnc3c(=S)nc(N)[nH]c32)C(N)(C#CCF)[C@H]1O. The second-order valence-electron chi connectivity index (χ2n) is 5.78. The van der Waals surface area contributed by atoms with E-state index in [4.69, 9.17) is 28.4 Å². The Morgan fingerprint density at radius 3 is 3.00 bits per heavy atom. The average Bonchev–Trinajstić information content (AvgIpc) is 3.06. The van der Waals surface area contributed by atoms with Crippen LogP contribution in [0.1, 0.15) is 13.2 Å². The molecular formula is C14H17FN6O3S. The highest BCUT2D eigenvalue weighted by Gasteiger charge is 2.55. The van der Waals surface area contributed by atoms with E-state index in [9.17, 15) is 14.6 Å². The van der Waals surface area contributed by atoms with Crippen molar-refractivity contribution >= 4 is 29.3 Å². The minimum Gasteiger partial charge on any atom is -0.391 e. The van der Waals surface area contributed by atoms with Crippen LogP contribution in [-0.4, -0.2) is 60.3 Å². The number of ether oxygens (including phenoxy) is 1. The lowest BCUT2D eigenvalue weighted by molar-refractivity contribution is -0.0756. The van der Waals surface area contributed by atoms with Crippen LogP contribution in [0.25, 0.3) is 11.2 Å². The van der Waals surface area contributed by atoms with Crippen molar-refractivity contribution in [1.82, 2.24) is 19.5 Å². The first-order valence-corrected chi connectivity index (χ1v) is 7.79. The van der Waals surface area contributed by atoms with Crippen LogP contribution in [0.4, 0.5) is 10.3 Å². The summed E-state index contributed by atoms with van der Waals surface area (Å²) in [6.07, 6.45) is -3.12. The first-order valence-electron chi connectivity index (χ1n) is 7.38. The lowest BCUT2D eigenvalue weighted by Crippen LogP contribution is -2.54. The number of aromatic amines is 1. The van der Waals surface area contributed by atoms with E-state index in [2.05, 4.69) is 26.8 Å². The molecule has 134 valence electrons. The Kier molecular flexibility index (Phi) is 4.48. The van der Waals surface area contributed by atoms with Crippen molar-refractivity contribution in [1.29, 1.82) is 0 Å². The molecule has 0 aromatic carbocycles. The van der Waals surface area contributed by atoms with Gasteiger partial charge in [-0.25, -0.2) is 14.4 Å². The Bertz CT molecular complexity index is 919. The zero-order valence-electron chi connectivity index (χ0n) is 13.2. The van der Waals surface area contributed by atoms with Gasteiger partial charge in [-0.15, -0.1) is 0 Å². The Morgan fingerprint density at radius 2 is 2.36 bits per heavy atom. The highest BCUT2D eigenvalue weighted by Crippen LogP contribution is 2.39. The largest absolute Gasteiger partial charge is 0.391 e. The van der Waals surface area contributed by atoms with Gasteiger partial charge in [-0.05, 0) is 6.92 Å². The molecule has 0 amide bonds. The van der Waals surface area contributed by atoms with E-state index in [0.29, 0.717) is 11.2 Å². The first-order chi connectivity index (χ1) is 11.8. The van der Waals surface area contributed by atoms with E-state index in [1.165, 1.54) is 17.8 Å². The van der Waals surface area contributed by atoms with Gasteiger partial charge >= 0.3 is 0 Å². The van der Waals surface area contributed by atoms with Gasteiger partial charge in [0.05, 0.1) is 12.4 Å². The molecule has 1 unspecified atom stereocenters. The molecule has 3 heterocycles. The molecule has 0 bridgehead atoms. The normalized spacial score (nSPS) is 30.2. The van der Waals surface area contributed by atoms with Gasteiger partial charge in [0, 0.05) is 0 Å². The van der Waals surface area contributed by atoms with Gasteiger partial charge < -0.3 is 31.4 Å². The monoisotopic (exact) mass is 368 g/mol. The number of hydrogen-bond donors (Lipinski definition) is 5. The Balaban J connectivity index is 2.18. The average molecular weight is 368 g/mol. The summed E-state index contributed by atoms with van der Waals surface area (Å²) in [5, 5.41) is 20.4. The lowest BCUT2D eigenvalue weighted by Gasteiger charge is -2.28. The van der Waals surface area contributed by atoms with Gasteiger partial charge in [0.25, 0.3) is 0 Å². The molecule has 1 aliphatic heterocycles. The number of nitrogens with one attached hydrogen (secondary N) is 1. The summed E-state index contributed by atoms with van der Waals surface area (Å²) in [7, 11) is 0. The minimum atomic E-state index is -1.69. The number of aliphatic hydroxyl groups is 2. The fourth-order valence-electron chi connectivity index (χ4n) is 2.88. The van der Waals surface area contributed by atoms with Gasteiger partial charge in [0.1, 0.15) is 30.0 Å². The Morgan fingerprint density at radius 1 is 1.64 bits per heavy atom. The number of aliphatic hydroxyl groups excluding tert-OH is 2. The van der Waals surface area contributed by atoms with Crippen molar-refractivity contribution in [3.8, 4) is 11.8 Å². The molecule has 0 aliphatic carbocycles. The number of halogens is 1. The van der Waals surface area contributed by atoms with Crippen LogP contribution in [0.2, 0.25) is 0 Å². The van der Waals surface area contributed by atoms with Crippen molar-refractivity contribution in [2.24, 2.45) is 5.73 Å². The number of nitrogens with two attached hydrogens (primary N) is 2. The molecule has 1 aliphatic rings. The van der Waals surface area contributed by atoms with Gasteiger partial charge in [0.2, 0.25) is 0 Å². The van der Waals surface area contributed by atoms with Crippen LogP contribution in [0.15, 0.2) is 6.33 Å². The predicted octanol–water partition coefficient (Wildman–Crippen LogP) is -0.619. The summed E-state index contributed by atoms with van der Waals surface area (Å²) in [4.78, 5) is 10.9. The third kappa shape index (κ3) is 2.78. The topological polar surface area (TPSA) is 148 Å². The molecule has 2 aromatic rings. The highest BCUT2D eigenvalue weighted by atomic mass is 32.1. The van der Waals surface area contributed by atoms with Gasteiger partial charge in [0.15, 0.2) is 22.4 Å². The van der Waals surface area contributed by atoms with Crippen molar-refractivity contribution in [2.45, 2.75) is 37.0 Å². The third-order valence-electron chi connectivity index (χ3n) is 4.06. The van der Waals surface area contributed by atoms with E-state index in [-0.39, 0.29) is 10.6 Å². The van der Waals surface area contributed by atoms with Crippen LogP contribution in [0.5, 0.6) is 0 Å². The van der Waals surface area contributed by atoms with Crippen LogP contribution >= 0.6 is 12.2 Å². The minimum absolute atomic E-state index is 0.0577.